The number of imidazole rings is 1. The second-order valence-electron chi connectivity index (χ2n) is 4.71. The molecule has 0 aromatic carbocycles. The topological polar surface area (TPSA) is 58.4 Å². The highest BCUT2D eigenvalue weighted by Crippen LogP contribution is 2.10. The molecule has 0 bridgehead atoms. The zero-order valence-corrected chi connectivity index (χ0v) is 12.4. The second-order valence-corrected chi connectivity index (χ2v) is 6.96. The monoisotopic (exact) mass is 286 g/mol. The van der Waals surface area contributed by atoms with Crippen LogP contribution in [0.2, 0.25) is 0 Å². The molecular formula is C12H22N4O2S. The van der Waals surface area contributed by atoms with Crippen molar-refractivity contribution >= 4 is 10.0 Å². The van der Waals surface area contributed by atoms with Gasteiger partial charge in [0, 0.05) is 45.1 Å². The Morgan fingerprint density at radius 1 is 1.21 bits per heavy atom. The lowest BCUT2D eigenvalue weighted by Gasteiger charge is -2.33. The van der Waals surface area contributed by atoms with Crippen LogP contribution in [0.4, 0.5) is 0 Å². The van der Waals surface area contributed by atoms with E-state index >= 15 is 0 Å². The van der Waals surface area contributed by atoms with Crippen LogP contribution in [-0.2, 0) is 23.1 Å². The summed E-state index contributed by atoms with van der Waals surface area (Å²) in [4.78, 5) is 6.61. The van der Waals surface area contributed by atoms with E-state index in [0.29, 0.717) is 13.1 Å². The van der Waals surface area contributed by atoms with Gasteiger partial charge in [-0.1, -0.05) is 0 Å². The van der Waals surface area contributed by atoms with Gasteiger partial charge >= 0.3 is 0 Å². The number of piperazine rings is 1. The van der Waals surface area contributed by atoms with E-state index in [2.05, 4.69) is 21.4 Å². The van der Waals surface area contributed by atoms with Crippen LogP contribution in [0.5, 0.6) is 0 Å². The number of nitrogens with zero attached hydrogens (tertiary/aromatic N) is 4. The molecule has 0 N–H and O–H groups in total. The Morgan fingerprint density at radius 3 is 2.47 bits per heavy atom. The molecule has 0 amide bonds. The van der Waals surface area contributed by atoms with Gasteiger partial charge in [0.2, 0.25) is 10.0 Å². The minimum Gasteiger partial charge on any atom is -0.334 e. The van der Waals surface area contributed by atoms with Gasteiger partial charge in [-0.25, -0.2) is 13.4 Å². The lowest BCUT2D eigenvalue weighted by molar-refractivity contribution is 0.176. The summed E-state index contributed by atoms with van der Waals surface area (Å²) in [6, 6.07) is 0. The lowest BCUT2D eigenvalue weighted by atomic mass is 10.3. The molecule has 2 heterocycles. The summed E-state index contributed by atoms with van der Waals surface area (Å²) in [5.74, 6) is 1.24. The minimum atomic E-state index is -3.03. The standard InChI is InChI=1S/C12H22N4O2S/c1-3-15-6-5-13-12(15)11-14-7-9-16(10-8-14)19(17,18)4-2/h5-6H,3-4,7-11H2,1-2H3. The zero-order valence-electron chi connectivity index (χ0n) is 11.6. The van der Waals surface area contributed by atoms with Gasteiger partial charge in [0.15, 0.2) is 0 Å². The SMILES string of the molecule is CCn1ccnc1CN1CCN(S(=O)(=O)CC)CC1. The zero-order chi connectivity index (χ0) is 13.9. The van der Waals surface area contributed by atoms with Crippen molar-refractivity contribution in [3.63, 3.8) is 0 Å². The Balaban J connectivity index is 1.91. The summed E-state index contributed by atoms with van der Waals surface area (Å²) in [5, 5.41) is 0. The molecule has 0 radical (unpaired) electrons. The van der Waals surface area contributed by atoms with Crippen molar-refractivity contribution in [2.24, 2.45) is 0 Å². The third kappa shape index (κ3) is 3.34. The Bertz CT molecular complexity index is 504. The Kier molecular flexibility index (Phi) is 4.59. The maximum atomic E-state index is 11.8. The average molecular weight is 286 g/mol. The first-order valence-corrected chi connectivity index (χ1v) is 8.38. The Labute approximate surface area is 115 Å². The van der Waals surface area contributed by atoms with Crippen molar-refractivity contribution in [1.82, 2.24) is 18.8 Å². The van der Waals surface area contributed by atoms with Gasteiger partial charge in [-0.3, -0.25) is 4.90 Å². The molecule has 1 saturated heterocycles. The van der Waals surface area contributed by atoms with E-state index in [-0.39, 0.29) is 5.75 Å². The molecular weight excluding hydrogens is 264 g/mol. The molecule has 0 aliphatic carbocycles. The van der Waals surface area contributed by atoms with E-state index in [1.165, 1.54) is 0 Å². The molecule has 0 unspecified atom stereocenters. The van der Waals surface area contributed by atoms with Crippen LogP contribution < -0.4 is 0 Å². The van der Waals surface area contributed by atoms with Crippen molar-refractivity contribution in [2.45, 2.75) is 26.9 Å². The molecule has 1 aliphatic heterocycles. The molecule has 2 rings (SSSR count). The van der Waals surface area contributed by atoms with Crippen LogP contribution in [0.15, 0.2) is 12.4 Å². The van der Waals surface area contributed by atoms with E-state index < -0.39 is 10.0 Å². The quantitative estimate of drug-likeness (QED) is 0.785. The van der Waals surface area contributed by atoms with E-state index in [0.717, 1.165) is 32.0 Å². The predicted molar refractivity (Wildman–Crippen MR) is 74.2 cm³/mol. The molecule has 19 heavy (non-hydrogen) atoms. The fraction of sp³-hybridized carbons (Fsp3) is 0.750. The number of hydrogen-bond acceptors (Lipinski definition) is 4. The molecule has 6 nitrogen and oxygen atoms in total. The van der Waals surface area contributed by atoms with Crippen LogP contribution in [0.25, 0.3) is 0 Å². The summed E-state index contributed by atoms with van der Waals surface area (Å²) in [7, 11) is -3.03. The molecule has 1 aliphatic rings. The molecule has 1 aromatic heterocycles. The first-order chi connectivity index (χ1) is 9.06. The van der Waals surface area contributed by atoms with Gasteiger partial charge in [0.05, 0.1) is 12.3 Å². The Morgan fingerprint density at radius 2 is 1.89 bits per heavy atom. The molecule has 0 spiro atoms. The van der Waals surface area contributed by atoms with Crippen LogP contribution in [0, 0.1) is 0 Å². The van der Waals surface area contributed by atoms with Gasteiger partial charge in [-0.05, 0) is 13.8 Å². The lowest BCUT2D eigenvalue weighted by Crippen LogP contribution is -2.48. The normalized spacial score (nSPS) is 18.8. The van der Waals surface area contributed by atoms with Crippen LogP contribution in [0.3, 0.4) is 0 Å². The third-order valence-electron chi connectivity index (χ3n) is 3.60. The maximum absolute atomic E-state index is 11.8. The summed E-state index contributed by atoms with van der Waals surface area (Å²) in [6.45, 7) is 8.22. The van der Waals surface area contributed by atoms with Crippen molar-refractivity contribution in [3.8, 4) is 0 Å². The fourth-order valence-corrected chi connectivity index (χ4v) is 3.41. The van der Waals surface area contributed by atoms with Gasteiger partial charge in [-0.15, -0.1) is 0 Å². The molecule has 108 valence electrons. The number of rotatable bonds is 5. The molecule has 1 aromatic rings. The number of aromatic nitrogens is 2. The molecule has 0 atom stereocenters. The Hall–Kier alpha value is -0.920. The van der Waals surface area contributed by atoms with Crippen molar-refractivity contribution < 1.29 is 8.42 Å². The van der Waals surface area contributed by atoms with E-state index in [1.807, 2.05) is 12.4 Å². The minimum absolute atomic E-state index is 0.188. The van der Waals surface area contributed by atoms with Crippen molar-refractivity contribution in [2.75, 3.05) is 31.9 Å². The summed E-state index contributed by atoms with van der Waals surface area (Å²) >= 11 is 0. The van der Waals surface area contributed by atoms with Crippen LogP contribution in [-0.4, -0.2) is 59.1 Å². The third-order valence-corrected chi connectivity index (χ3v) is 5.48. The molecule has 0 saturated carbocycles. The van der Waals surface area contributed by atoms with E-state index in [4.69, 9.17) is 0 Å². The number of aryl methyl sites for hydroxylation is 1. The van der Waals surface area contributed by atoms with Crippen molar-refractivity contribution in [1.29, 1.82) is 0 Å². The van der Waals surface area contributed by atoms with Crippen LogP contribution in [0.1, 0.15) is 19.7 Å². The fourth-order valence-electron chi connectivity index (χ4n) is 2.33. The van der Waals surface area contributed by atoms with E-state index in [1.54, 1.807) is 11.2 Å². The smallest absolute Gasteiger partial charge is 0.213 e. The highest BCUT2D eigenvalue weighted by molar-refractivity contribution is 7.89. The first-order valence-electron chi connectivity index (χ1n) is 6.77. The molecule has 1 fully saturated rings. The number of sulfonamides is 1. The van der Waals surface area contributed by atoms with Gasteiger partial charge in [-0.2, -0.15) is 4.31 Å². The maximum Gasteiger partial charge on any atom is 0.213 e. The molecule has 7 heteroatoms. The largest absolute Gasteiger partial charge is 0.334 e. The van der Waals surface area contributed by atoms with Gasteiger partial charge < -0.3 is 4.57 Å². The van der Waals surface area contributed by atoms with Gasteiger partial charge in [0.25, 0.3) is 0 Å². The van der Waals surface area contributed by atoms with E-state index in [9.17, 15) is 8.42 Å². The summed E-state index contributed by atoms with van der Waals surface area (Å²) in [5.41, 5.74) is 0. The summed E-state index contributed by atoms with van der Waals surface area (Å²) < 4.78 is 27.3. The highest BCUT2D eigenvalue weighted by atomic mass is 32.2. The van der Waals surface area contributed by atoms with Crippen molar-refractivity contribution in [3.05, 3.63) is 18.2 Å². The highest BCUT2D eigenvalue weighted by Gasteiger charge is 2.25. The summed E-state index contributed by atoms with van der Waals surface area (Å²) in [6.07, 6.45) is 3.80. The predicted octanol–water partition coefficient (Wildman–Crippen LogP) is 0.370. The first kappa shape index (κ1) is 14.5. The van der Waals surface area contributed by atoms with Crippen LogP contribution >= 0.6 is 0 Å². The second kappa shape index (κ2) is 6.02. The number of hydrogen-bond donors (Lipinski definition) is 0. The van der Waals surface area contributed by atoms with Gasteiger partial charge in [0.1, 0.15) is 5.82 Å². The average Bonchev–Trinajstić information content (AvgIpc) is 2.86.